The lowest BCUT2D eigenvalue weighted by molar-refractivity contribution is 0.276. The van der Waals surface area contributed by atoms with Crippen LogP contribution in [0.3, 0.4) is 0 Å². The van der Waals surface area contributed by atoms with E-state index in [1.165, 1.54) is 12.8 Å². The molecule has 0 aromatic carbocycles. The fraction of sp³-hybridized carbons (Fsp3) is 0.889. The second kappa shape index (κ2) is 3.23. The molecule has 0 atom stereocenters. The van der Waals surface area contributed by atoms with E-state index in [-0.39, 0.29) is 0 Å². The first-order valence-electron chi connectivity index (χ1n) is 4.28. The molecule has 0 amide bonds. The summed E-state index contributed by atoms with van der Waals surface area (Å²) in [6.45, 7) is 4.35. The first kappa shape index (κ1) is 8.55. The van der Waals surface area contributed by atoms with Gasteiger partial charge in [0.15, 0.2) is 0 Å². The van der Waals surface area contributed by atoms with Crippen LogP contribution in [0.25, 0.3) is 0 Å². The van der Waals surface area contributed by atoms with Gasteiger partial charge in [0.05, 0.1) is 6.07 Å². The monoisotopic (exact) mass is 152 g/mol. The summed E-state index contributed by atoms with van der Waals surface area (Å²) < 4.78 is 0. The molecule has 1 saturated carbocycles. The summed E-state index contributed by atoms with van der Waals surface area (Å²) in [4.78, 5) is 2.30. The van der Waals surface area contributed by atoms with Crippen molar-refractivity contribution >= 4 is 0 Å². The van der Waals surface area contributed by atoms with E-state index in [2.05, 4.69) is 24.9 Å². The SMILES string of the molecule is CCN(C)CC1(CC#N)CC1. The molecule has 1 aliphatic rings. The fourth-order valence-corrected chi connectivity index (χ4v) is 1.42. The van der Waals surface area contributed by atoms with Gasteiger partial charge >= 0.3 is 0 Å². The van der Waals surface area contributed by atoms with E-state index in [1.54, 1.807) is 0 Å². The molecule has 1 rings (SSSR count). The number of nitrogens with zero attached hydrogens (tertiary/aromatic N) is 2. The van der Waals surface area contributed by atoms with Crippen molar-refractivity contribution in [3.8, 4) is 6.07 Å². The zero-order valence-electron chi connectivity index (χ0n) is 7.43. The summed E-state index contributed by atoms with van der Waals surface area (Å²) in [7, 11) is 2.12. The van der Waals surface area contributed by atoms with Crippen LogP contribution < -0.4 is 0 Å². The van der Waals surface area contributed by atoms with Gasteiger partial charge in [0.2, 0.25) is 0 Å². The van der Waals surface area contributed by atoms with Gasteiger partial charge in [-0.25, -0.2) is 0 Å². The van der Waals surface area contributed by atoms with Gasteiger partial charge in [0.1, 0.15) is 0 Å². The Morgan fingerprint density at radius 2 is 2.18 bits per heavy atom. The van der Waals surface area contributed by atoms with Crippen LogP contribution in [0.5, 0.6) is 0 Å². The van der Waals surface area contributed by atoms with Crippen molar-refractivity contribution in [2.75, 3.05) is 20.1 Å². The minimum Gasteiger partial charge on any atom is -0.306 e. The molecule has 1 fully saturated rings. The Labute approximate surface area is 68.8 Å². The first-order chi connectivity index (χ1) is 5.22. The van der Waals surface area contributed by atoms with E-state index in [1.807, 2.05) is 0 Å². The van der Waals surface area contributed by atoms with Crippen molar-refractivity contribution < 1.29 is 0 Å². The van der Waals surface area contributed by atoms with Crippen LogP contribution in [0, 0.1) is 16.7 Å². The average molecular weight is 152 g/mol. The lowest BCUT2D eigenvalue weighted by Crippen LogP contribution is -2.26. The predicted octanol–water partition coefficient (Wildman–Crippen LogP) is 1.63. The standard InChI is InChI=1S/C9H16N2/c1-3-11(2)8-9(4-5-9)6-7-10/h3-6,8H2,1-2H3. The molecule has 0 spiro atoms. The van der Waals surface area contributed by atoms with Crippen LogP contribution >= 0.6 is 0 Å². The maximum Gasteiger partial charge on any atom is 0.0628 e. The van der Waals surface area contributed by atoms with Crippen LogP contribution in [0.4, 0.5) is 0 Å². The van der Waals surface area contributed by atoms with Gasteiger partial charge in [-0.3, -0.25) is 0 Å². The molecule has 0 aromatic heterocycles. The second-order valence-corrected chi connectivity index (χ2v) is 3.67. The van der Waals surface area contributed by atoms with Gasteiger partial charge < -0.3 is 4.90 Å². The Hall–Kier alpha value is -0.550. The van der Waals surface area contributed by atoms with E-state index in [0.717, 1.165) is 19.5 Å². The third kappa shape index (κ3) is 2.20. The van der Waals surface area contributed by atoms with Crippen LogP contribution in [0.1, 0.15) is 26.2 Å². The van der Waals surface area contributed by atoms with Crippen molar-refractivity contribution in [3.63, 3.8) is 0 Å². The smallest absolute Gasteiger partial charge is 0.0628 e. The van der Waals surface area contributed by atoms with Gasteiger partial charge in [-0.05, 0) is 31.8 Å². The Morgan fingerprint density at radius 1 is 1.55 bits per heavy atom. The van der Waals surface area contributed by atoms with Gasteiger partial charge in [-0.2, -0.15) is 5.26 Å². The molecule has 62 valence electrons. The molecule has 0 saturated heterocycles. The van der Waals surface area contributed by atoms with Gasteiger partial charge in [-0.1, -0.05) is 6.92 Å². The molecule has 2 nitrogen and oxygen atoms in total. The van der Waals surface area contributed by atoms with Gasteiger partial charge in [-0.15, -0.1) is 0 Å². The van der Waals surface area contributed by atoms with Crippen LogP contribution in [0.2, 0.25) is 0 Å². The fourth-order valence-electron chi connectivity index (χ4n) is 1.42. The number of hydrogen-bond acceptors (Lipinski definition) is 2. The lowest BCUT2D eigenvalue weighted by Gasteiger charge is -2.19. The molecular weight excluding hydrogens is 136 g/mol. The molecule has 0 heterocycles. The highest BCUT2D eigenvalue weighted by molar-refractivity contribution is 5.00. The summed E-state index contributed by atoms with van der Waals surface area (Å²) >= 11 is 0. The molecule has 0 aliphatic heterocycles. The molecule has 1 aliphatic carbocycles. The summed E-state index contributed by atoms with van der Waals surface area (Å²) in [5, 5.41) is 8.56. The Balaban J connectivity index is 2.30. The molecule has 0 bridgehead atoms. The van der Waals surface area contributed by atoms with E-state index in [0.29, 0.717) is 5.41 Å². The second-order valence-electron chi connectivity index (χ2n) is 3.67. The van der Waals surface area contributed by atoms with Crippen molar-refractivity contribution in [2.45, 2.75) is 26.2 Å². The lowest BCUT2D eigenvalue weighted by atomic mass is 10.0. The molecule has 11 heavy (non-hydrogen) atoms. The highest BCUT2D eigenvalue weighted by atomic mass is 15.1. The highest BCUT2D eigenvalue weighted by Gasteiger charge is 2.42. The summed E-state index contributed by atoms with van der Waals surface area (Å²) in [5.41, 5.74) is 0.388. The maximum atomic E-state index is 8.56. The summed E-state index contributed by atoms with van der Waals surface area (Å²) in [6.07, 6.45) is 3.26. The first-order valence-corrected chi connectivity index (χ1v) is 4.28. The van der Waals surface area contributed by atoms with Gasteiger partial charge in [0.25, 0.3) is 0 Å². The average Bonchev–Trinajstić information content (AvgIpc) is 2.70. The molecule has 2 heteroatoms. The third-order valence-electron chi connectivity index (χ3n) is 2.56. The van der Waals surface area contributed by atoms with Crippen LogP contribution in [-0.2, 0) is 0 Å². The molecular formula is C9H16N2. The highest BCUT2D eigenvalue weighted by Crippen LogP contribution is 2.48. The number of hydrogen-bond donors (Lipinski definition) is 0. The minimum atomic E-state index is 0.388. The number of rotatable bonds is 4. The zero-order valence-corrected chi connectivity index (χ0v) is 7.43. The largest absolute Gasteiger partial charge is 0.306 e. The topological polar surface area (TPSA) is 27.0 Å². The zero-order chi connectivity index (χ0) is 8.32. The molecule has 0 aromatic rings. The van der Waals surface area contributed by atoms with E-state index < -0.39 is 0 Å². The van der Waals surface area contributed by atoms with Crippen LogP contribution in [-0.4, -0.2) is 25.0 Å². The Morgan fingerprint density at radius 3 is 2.55 bits per heavy atom. The van der Waals surface area contributed by atoms with Crippen molar-refractivity contribution in [1.82, 2.24) is 4.90 Å². The Kier molecular flexibility index (Phi) is 2.51. The van der Waals surface area contributed by atoms with Crippen molar-refractivity contribution in [1.29, 1.82) is 5.26 Å². The van der Waals surface area contributed by atoms with Gasteiger partial charge in [0, 0.05) is 13.0 Å². The quantitative estimate of drug-likeness (QED) is 0.612. The summed E-state index contributed by atoms with van der Waals surface area (Å²) in [5.74, 6) is 0. The van der Waals surface area contributed by atoms with Crippen molar-refractivity contribution in [2.24, 2.45) is 5.41 Å². The molecule has 0 radical (unpaired) electrons. The predicted molar refractivity (Wildman–Crippen MR) is 45.1 cm³/mol. The van der Waals surface area contributed by atoms with Crippen LogP contribution in [0.15, 0.2) is 0 Å². The normalized spacial score (nSPS) is 19.8. The Bertz CT molecular complexity index is 165. The number of nitriles is 1. The summed E-state index contributed by atoms with van der Waals surface area (Å²) in [6, 6.07) is 2.27. The molecule has 0 N–H and O–H groups in total. The van der Waals surface area contributed by atoms with E-state index in [9.17, 15) is 0 Å². The van der Waals surface area contributed by atoms with E-state index >= 15 is 0 Å². The van der Waals surface area contributed by atoms with E-state index in [4.69, 9.17) is 5.26 Å². The molecule has 0 unspecified atom stereocenters. The minimum absolute atomic E-state index is 0.388. The van der Waals surface area contributed by atoms with Crippen molar-refractivity contribution in [3.05, 3.63) is 0 Å². The maximum absolute atomic E-state index is 8.56. The third-order valence-corrected chi connectivity index (χ3v) is 2.56.